The lowest BCUT2D eigenvalue weighted by Crippen LogP contribution is -2.44. The molecule has 1 unspecified atom stereocenters. The molecular formula is C35H40N3O+. The molecule has 0 aromatic heterocycles. The zero-order valence-electron chi connectivity index (χ0n) is 23.4. The van der Waals surface area contributed by atoms with Crippen LogP contribution in [0, 0.1) is 13.8 Å². The van der Waals surface area contributed by atoms with Gasteiger partial charge in [0.05, 0.1) is 0 Å². The Morgan fingerprint density at radius 3 is 2.64 bits per heavy atom. The summed E-state index contributed by atoms with van der Waals surface area (Å²) in [6, 6.07) is 15.3. The van der Waals surface area contributed by atoms with Gasteiger partial charge < -0.3 is 5.32 Å². The predicted molar refractivity (Wildman–Crippen MR) is 162 cm³/mol. The van der Waals surface area contributed by atoms with Crippen molar-refractivity contribution in [2.75, 3.05) is 13.1 Å². The molecule has 3 aliphatic rings. The first-order valence-corrected chi connectivity index (χ1v) is 14.1. The largest absolute Gasteiger partial charge is 0.325 e. The molecule has 4 nitrogen and oxygen atoms in total. The summed E-state index contributed by atoms with van der Waals surface area (Å²) in [5, 5.41) is 2.89. The zero-order valence-corrected chi connectivity index (χ0v) is 23.4. The van der Waals surface area contributed by atoms with Crippen molar-refractivity contribution in [2.24, 2.45) is 0 Å². The smallest absolute Gasteiger partial charge is 0.293 e. The first-order chi connectivity index (χ1) is 18.9. The number of carbonyl (C=O) groups is 1. The quantitative estimate of drug-likeness (QED) is 0.324. The summed E-state index contributed by atoms with van der Waals surface area (Å²) in [5.74, 6) is -0.0234. The van der Waals surface area contributed by atoms with Gasteiger partial charge in [0.1, 0.15) is 0 Å². The van der Waals surface area contributed by atoms with E-state index in [1.54, 1.807) is 11.8 Å². The maximum absolute atomic E-state index is 12.6. The van der Waals surface area contributed by atoms with E-state index < -0.39 is 0 Å². The molecule has 2 aromatic rings. The molecule has 1 N–H and O–H groups in total. The Kier molecular flexibility index (Phi) is 8.23. The Balaban J connectivity index is 1.35. The van der Waals surface area contributed by atoms with Crippen LogP contribution in [0.1, 0.15) is 53.5 Å². The van der Waals surface area contributed by atoms with Crippen LogP contribution in [0.4, 0.5) is 0 Å². The molecule has 1 atom stereocenters. The van der Waals surface area contributed by atoms with E-state index in [1.807, 2.05) is 10.8 Å². The van der Waals surface area contributed by atoms with E-state index in [4.69, 9.17) is 0 Å². The molecule has 2 heterocycles. The van der Waals surface area contributed by atoms with Crippen molar-refractivity contribution >= 4 is 17.7 Å². The van der Waals surface area contributed by atoms with Gasteiger partial charge in [-0.2, -0.15) is 4.58 Å². The lowest BCUT2D eigenvalue weighted by atomic mass is 9.92. The first kappa shape index (κ1) is 26.8. The fraction of sp³-hybridized carbons (Fsp3) is 0.314. The summed E-state index contributed by atoms with van der Waals surface area (Å²) in [6.45, 7) is 15.4. The molecule has 4 heteroatoms. The molecule has 0 bridgehead atoms. The van der Waals surface area contributed by atoms with Gasteiger partial charge in [-0.05, 0) is 85.1 Å². The maximum Gasteiger partial charge on any atom is 0.293 e. The number of benzene rings is 2. The number of piperidine rings is 1. The van der Waals surface area contributed by atoms with Gasteiger partial charge >= 0.3 is 0 Å². The summed E-state index contributed by atoms with van der Waals surface area (Å²) in [6.07, 6.45) is 15.3. The van der Waals surface area contributed by atoms with E-state index in [-0.39, 0.29) is 11.9 Å². The van der Waals surface area contributed by atoms with Gasteiger partial charge in [0, 0.05) is 37.8 Å². The van der Waals surface area contributed by atoms with E-state index in [1.165, 1.54) is 51.8 Å². The van der Waals surface area contributed by atoms with E-state index in [0.717, 1.165) is 44.6 Å². The molecule has 2 aromatic carbocycles. The number of rotatable bonds is 8. The molecule has 5 rings (SSSR count). The summed E-state index contributed by atoms with van der Waals surface area (Å²) >= 11 is 0. The van der Waals surface area contributed by atoms with Crippen LogP contribution in [0.2, 0.25) is 0 Å². The highest BCUT2D eigenvalue weighted by molar-refractivity contribution is 5.87. The molecule has 39 heavy (non-hydrogen) atoms. The van der Waals surface area contributed by atoms with E-state index in [9.17, 15) is 4.79 Å². The third-order valence-corrected chi connectivity index (χ3v) is 8.31. The molecule has 1 amide bonds. The molecule has 1 fully saturated rings. The van der Waals surface area contributed by atoms with Crippen molar-refractivity contribution in [1.29, 1.82) is 0 Å². The van der Waals surface area contributed by atoms with Gasteiger partial charge in [0.15, 0.2) is 12.4 Å². The number of aryl methyl sites for hydroxylation is 1. The van der Waals surface area contributed by atoms with Crippen molar-refractivity contribution < 1.29 is 9.37 Å². The molecule has 200 valence electrons. The predicted octanol–water partition coefficient (Wildman–Crippen LogP) is 6.41. The van der Waals surface area contributed by atoms with Crippen molar-refractivity contribution in [1.82, 2.24) is 10.2 Å². The first-order valence-electron chi connectivity index (χ1n) is 14.1. The standard InChI is InChI=1S/C35H39N3O/c1-5-38(34-18-13-26(3)36-35(34)39)20-19-30(33-12-8-9-25(2)27(33)4)21-28-14-16-29(17-15-28)22-37-23-31-10-6-7-11-32(31)24-37/h5-6,8-10,12,14-17,19-20,34H,1,3,7,11,13,18,21-24H2,2,4H3/p+1/b30-19-,38-20?. The molecule has 1 saturated heterocycles. The van der Waals surface area contributed by atoms with Gasteiger partial charge in [-0.25, -0.2) is 0 Å². The lowest BCUT2D eigenvalue weighted by molar-refractivity contribution is -0.481. The van der Waals surface area contributed by atoms with Gasteiger partial charge in [-0.1, -0.05) is 66.8 Å². The Morgan fingerprint density at radius 1 is 1.10 bits per heavy atom. The van der Waals surface area contributed by atoms with Gasteiger partial charge in [-0.3, -0.25) is 9.69 Å². The number of allylic oxidation sites excluding steroid dienone is 4. The number of nitrogens with one attached hydrogen (secondary N) is 1. The molecule has 0 spiro atoms. The summed E-state index contributed by atoms with van der Waals surface area (Å²) < 4.78 is 1.93. The average Bonchev–Trinajstić information content (AvgIpc) is 3.34. The van der Waals surface area contributed by atoms with Gasteiger partial charge in [-0.15, -0.1) is 0 Å². The van der Waals surface area contributed by atoms with Crippen molar-refractivity contribution in [3.05, 3.63) is 125 Å². The van der Waals surface area contributed by atoms with Crippen molar-refractivity contribution in [3.63, 3.8) is 0 Å². The second-order valence-electron chi connectivity index (χ2n) is 11.1. The lowest BCUT2D eigenvalue weighted by Gasteiger charge is -2.20. The van der Waals surface area contributed by atoms with E-state index in [2.05, 4.69) is 97.9 Å². The number of hydrogen-bond donors (Lipinski definition) is 1. The van der Waals surface area contributed by atoms with Crippen molar-refractivity contribution in [2.45, 2.75) is 58.5 Å². The van der Waals surface area contributed by atoms with Crippen LogP contribution < -0.4 is 5.32 Å². The summed E-state index contributed by atoms with van der Waals surface area (Å²) in [4.78, 5) is 15.2. The Bertz CT molecular complexity index is 1400. The number of nitrogens with zero attached hydrogens (tertiary/aromatic N) is 2. The fourth-order valence-corrected chi connectivity index (χ4v) is 5.88. The highest BCUT2D eigenvalue weighted by Crippen LogP contribution is 2.28. The SMILES string of the molecule is C=C[N+](=C/C=C(/Cc1ccc(CN2CC3=C(CCC=C3)C2)cc1)c1cccc(C)c1C)C1CCC(=C)NC1=O. The highest BCUT2D eigenvalue weighted by atomic mass is 16.2. The summed E-state index contributed by atoms with van der Waals surface area (Å²) in [7, 11) is 0. The molecule has 0 saturated carbocycles. The number of carbonyl (C=O) groups excluding carboxylic acids is 1. The molecule has 2 aliphatic heterocycles. The maximum atomic E-state index is 12.6. The van der Waals surface area contributed by atoms with Crippen LogP contribution in [-0.4, -0.2) is 40.7 Å². The van der Waals surface area contributed by atoms with Gasteiger partial charge in [0.25, 0.3) is 5.91 Å². The highest BCUT2D eigenvalue weighted by Gasteiger charge is 2.31. The zero-order chi connectivity index (χ0) is 27.4. The van der Waals surface area contributed by atoms with Crippen LogP contribution in [0.5, 0.6) is 0 Å². The minimum Gasteiger partial charge on any atom is -0.325 e. The minimum atomic E-state index is -0.273. The summed E-state index contributed by atoms with van der Waals surface area (Å²) in [5.41, 5.74) is 11.6. The topological polar surface area (TPSA) is 35.4 Å². The normalized spacial score (nSPS) is 20.3. The average molecular weight is 519 g/mol. The molecular weight excluding hydrogens is 478 g/mol. The molecule has 1 aliphatic carbocycles. The van der Waals surface area contributed by atoms with Crippen LogP contribution in [-0.2, 0) is 17.8 Å². The van der Waals surface area contributed by atoms with Crippen LogP contribution in [0.15, 0.2) is 96.9 Å². The van der Waals surface area contributed by atoms with E-state index in [0.29, 0.717) is 0 Å². The minimum absolute atomic E-state index is 0.0234. The Hall–Kier alpha value is -3.76. The monoisotopic (exact) mass is 518 g/mol. The third-order valence-electron chi connectivity index (χ3n) is 8.31. The second-order valence-corrected chi connectivity index (χ2v) is 11.1. The Morgan fingerprint density at radius 2 is 1.90 bits per heavy atom. The third kappa shape index (κ3) is 6.29. The second kappa shape index (κ2) is 12.0. The Labute approximate surface area is 233 Å². The van der Waals surface area contributed by atoms with Crippen molar-refractivity contribution in [3.8, 4) is 0 Å². The number of amides is 1. The molecule has 0 radical (unpaired) electrons. The van der Waals surface area contributed by atoms with E-state index >= 15 is 0 Å². The van der Waals surface area contributed by atoms with Crippen LogP contribution in [0.3, 0.4) is 0 Å². The number of hydrogen-bond acceptors (Lipinski definition) is 2. The fourth-order valence-electron chi connectivity index (χ4n) is 5.88. The van der Waals surface area contributed by atoms with Crippen LogP contribution in [0.25, 0.3) is 5.57 Å². The van der Waals surface area contributed by atoms with Crippen LogP contribution >= 0.6 is 0 Å². The van der Waals surface area contributed by atoms with Gasteiger partial charge in [0.2, 0.25) is 6.04 Å².